The number of pyridine rings is 2. The number of anilines is 1. The minimum Gasteiger partial charge on any atom is -0.483 e. The molecule has 0 spiro atoms. The molecule has 0 saturated heterocycles. The van der Waals surface area contributed by atoms with Gasteiger partial charge in [-0.25, -0.2) is 4.98 Å². The van der Waals surface area contributed by atoms with Crippen LogP contribution < -0.4 is 10.5 Å². The minimum absolute atomic E-state index is 0.399. The summed E-state index contributed by atoms with van der Waals surface area (Å²) in [4.78, 5) is 8.18. The lowest BCUT2D eigenvalue weighted by atomic mass is 10.2. The zero-order valence-electron chi connectivity index (χ0n) is 9.05. The van der Waals surface area contributed by atoms with Gasteiger partial charge in [0.25, 0.3) is 0 Å². The Bertz CT molecular complexity index is 440. The summed E-state index contributed by atoms with van der Waals surface area (Å²) in [6.07, 6.45) is 3.38. The van der Waals surface area contributed by atoms with Crippen LogP contribution in [0.3, 0.4) is 0 Å². The molecule has 2 aromatic heterocycles. The van der Waals surface area contributed by atoms with Gasteiger partial charge in [-0.05, 0) is 30.7 Å². The fourth-order valence-electron chi connectivity index (χ4n) is 1.34. The molecule has 0 aliphatic heterocycles. The third-order valence-electron chi connectivity index (χ3n) is 2.28. The molecule has 2 aromatic rings. The van der Waals surface area contributed by atoms with E-state index in [0.717, 1.165) is 11.3 Å². The van der Waals surface area contributed by atoms with E-state index >= 15 is 0 Å². The first-order valence-electron chi connectivity index (χ1n) is 5.01. The lowest BCUT2D eigenvalue weighted by Gasteiger charge is -2.08. The molecule has 0 amide bonds. The van der Waals surface area contributed by atoms with Crippen LogP contribution in [-0.4, -0.2) is 9.97 Å². The summed E-state index contributed by atoms with van der Waals surface area (Å²) in [6, 6.07) is 7.48. The Morgan fingerprint density at radius 1 is 1.19 bits per heavy atom. The highest BCUT2D eigenvalue weighted by Gasteiger charge is 2.03. The smallest absolute Gasteiger partial charge is 0.166 e. The van der Waals surface area contributed by atoms with Crippen molar-refractivity contribution in [3.8, 4) is 5.75 Å². The second-order valence-electron chi connectivity index (χ2n) is 3.44. The van der Waals surface area contributed by atoms with E-state index in [2.05, 4.69) is 9.97 Å². The largest absolute Gasteiger partial charge is 0.483 e. The fraction of sp³-hybridized carbons (Fsp3) is 0.167. The van der Waals surface area contributed by atoms with Gasteiger partial charge < -0.3 is 10.5 Å². The third-order valence-corrected chi connectivity index (χ3v) is 2.28. The molecule has 2 heterocycles. The summed E-state index contributed by atoms with van der Waals surface area (Å²) < 4.78 is 5.55. The Morgan fingerprint density at radius 2 is 1.94 bits per heavy atom. The SMILES string of the molecule is Cc1cccnc1COc1cccnc1N. The minimum atomic E-state index is 0.399. The number of aromatic nitrogens is 2. The molecule has 0 aliphatic carbocycles. The molecule has 0 aromatic carbocycles. The van der Waals surface area contributed by atoms with Gasteiger partial charge in [0.1, 0.15) is 6.61 Å². The third kappa shape index (κ3) is 2.28. The first-order chi connectivity index (χ1) is 7.77. The molecule has 0 radical (unpaired) electrons. The van der Waals surface area contributed by atoms with Crippen molar-refractivity contribution in [2.24, 2.45) is 0 Å². The molecular weight excluding hydrogens is 202 g/mol. The summed E-state index contributed by atoms with van der Waals surface area (Å²) >= 11 is 0. The first-order valence-corrected chi connectivity index (χ1v) is 5.01. The molecule has 2 rings (SSSR count). The lowest BCUT2D eigenvalue weighted by molar-refractivity contribution is 0.301. The second kappa shape index (κ2) is 4.61. The quantitative estimate of drug-likeness (QED) is 0.850. The predicted molar refractivity (Wildman–Crippen MR) is 62.0 cm³/mol. The molecule has 4 nitrogen and oxygen atoms in total. The highest BCUT2D eigenvalue weighted by molar-refractivity contribution is 5.44. The Hall–Kier alpha value is -2.10. The zero-order chi connectivity index (χ0) is 11.4. The molecular formula is C12H13N3O. The van der Waals surface area contributed by atoms with Crippen molar-refractivity contribution >= 4 is 5.82 Å². The molecule has 2 N–H and O–H groups in total. The number of aryl methyl sites for hydroxylation is 1. The van der Waals surface area contributed by atoms with Gasteiger partial charge in [0, 0.05) is 12.4 Å². The van der Waals surface area contributed by atoms with Crippen LogP contribution in [0.25, 0.3) is 0 Å². The van der Waals surface area contributed by atoms with Crippen molar-refractivity contribution < 1.29 is 4.74 Å². The van der Waals surface area contributed by atoms with Crippen LogP contribution in [0.15, 0.2) is 36.7 Å². The van der Waals surface area contributed by atoms with Crippen LogP contribution in [-0.2, 0) is 6.61 Å². The van der Waals surface area contributed by atoms with Crippen LogP contribution in [0, 0.1) is 6.92 Å². The van der Waals surface area contributed by atoms with Gasteiger partial charge in [-0.3, -0.25) is 4.98 Å². The van der Waals surface area contributed by atoms with E-state index in [4.69, 9.17) is 10.5 Å². The van der Waals surface area contributed by atoms with E-state index in [-0.39, 0.29) is 0 Å². The molecule has 0 aliphatic rings. The number of nitrogens with zero attached hydrogens (tertiary/aromatic N) is 2. The Labute approximate surface area is 94.1 Å². The molecule has 16 heavy (non-hydrogen) atoms. The van der Waals surface area contributed by atoms with E-state index < -0.39 is 0 Å². The number of hydrogen-bond acceptors (Lipinski definition) is 4. The van der Waals surface area contributed by atoms with Crippen molar-refractivity contribution in [3.05, 3.63) is 47.9 Å². The van der Waals surface area contributed by atoms with Crippen molar-refractivity contribution in [1.82, 2.24) is 9.97 Å². The average molecular weight is 215 g/mol. The van der Waals surface area contributed by atoms with Crippen LogP contribution in [0.2, 0.25) is 0 Å². The predicted octanol–water partition coefficient (Wildman–Crippen LogP) is 1.95. The maximum atomic E-state index is 5.67. The summed E-state index contributed by atoms with van der Waals surface area (Å²) in [6.45, 7) is 2.40. The van der Waals surface area contributed by atoms with Crippen LogP contribution in [0.1, 0.15) is 11.3 Å². The van der Waals surface area contributed by atoms with Gasteiger partial charge in [0.15, 0.2) is 11.6 Å². The number of hydrogen-bond donors (Lipinski definition) is 1. The first kappa shape index (κ1) is 10.4. The molecule has 0 bridgehead atoms. The zero-order valence-corrected chi connectivity index (χ0v) is 9.05. The van der Waals surface area contributed by atoms with Gasteiger partial charge in [-0.1, -0.05) is 6.07 Å². The van der Waals surface area contributed by atoms with Crippen LogP contribution >= 0.6 is 0 Å². The Kier molecular flexibility index (Phi) is 3.00. The normalized spacial score (nSPS) is 10.1. The number of ether oxygens (including phenoxy) is 1. The molecule has 82 valence electrons. The van der Waals surface area contributed by atoms with Gasteiger partial charge >= 0.3 is 0 Å². The number of nitrogens with two attached hydrogens (primary N) is 1. The molecule has 4 heteroatoms. The molecule has 0 unspecified atom stereocenters. The van der Waals surface area contributed by atoms with Crippen molar-refractivity contribution in [2.45, 2.75) is 13.5 Å². The number of nitrogen functional groups attached to an aromatic ring is 1. The van der Waals surface area contributed by atoms with Crippen LogP contribution in [0.4, 0.5) is 5.82 Å². The summed E-state index contributed by atoms with van der Waals surface area (Å²) in [5.41, 5.74) is 7.68. The maximum absolute atomic E-state index is 5.67. The fourth-order valence-corrected chi connectivity index (χ4v) is 1.34. The van der Waals surface area contributed by atoms with E-state index in [9.17, 15) is 0 Å². The van der Waals surface area contributed by atoms with E-state index in [1.807, 2.05) is 19.1 Å². The van der Waals surface area contributed by atoms with Gasteiger partial charge in [-0.2, -0.15) is 0 Å². The van der Waals surface area contributed by atoms with Crippen molar-refractivity contribution in [3.63, 3.8) is 0 Å². The van der Waals surface area contributed by atoms with Crippen molar-refractivity contribution in [1.29, 1.82) is 0 Å². The van der Waals surface area contributed by atoms with E-state index in [0.29, 0.717) is 18.2 Å². The monoisotopic (exact) mass is 215 g/mol. The molecule has 0 saturated carbocycles. The average Bonchev–Trinajstić information content (AvgIpc) is 2.30. The van der Waals surface area contributed by atoms with Gasteiger partial charge in [0.2, 0.25) is 0 Å². The highest BCUT2D eigenvalue weighted by Crippen LogP contribution is 2.18. The van der Waals surface area contributed by atoms with E-state index in [1.54, 1.807) is 24.5 Å². The Balaban J connectivity index is 2.09. The van der Waals surface area contributed by atoms with E-state index in [1.165, 1.54) is 0 Å². The standard InChI is InChI=1S/C12H13N3O/c1-9-4-2-6-14-10(9)8-16-11-5-3-7-15-12(11)13/h2-7H,8H2,1H3,(H2,13,15). The molecule has 0 atom stereocenters. The highest BCUT2D eigenvalue weighted by atomic mass is 16.5. The topological polar surface area (TPSA) is 61.0 Å². The van der Waals surface area contributed by atoms with Gasteiger partial charge in [-0.15, -0.1) is 0 Å². The summed E-state index contributed by atoms with van der Waals surface area (Å²) in [5.74, 6) is 0.989. The maximum Gasteiger partial charge on any atom is 0.166 e. The molecule has 0 fully saturated rings. The van der Waals surface area contributed by atoms with Gasteiger partial charge in [0.05, 0.1) is 5.69 Å². The van der Waals surface area contributed by atoms with Crippen molar-refractivity contribution in [2.75, 3.05) is 5.73 Å². The summed E-state index contributed by atoms with van der Waals surface area (Å²) in [7, 11) is 0. The second-order valence-corrected chi connectivity index (χ2v) is 3.44. The lowest BCUT2D eigenvalue weighted by Crippen LogP contribution is -2.03. The Morgan fingerprint density at radius 3 is 2.69 bits per heavy atom. The summed E-state index contributed by atoms with van der Waals surface area (Å²) in [5, 5.41) is 0. The number of rotatable bonds is 3. The van der Waals surface area contributed by atoms with Crippen LogP contribution in [0.5, 0.6) is 5.75 Å².